The van der Waals surface area contributed by atoms with Gasteiger partial charge in [0.2, 0.25) is 0 Å². The molecule has 0 spiro atoms. The average Bonchev–Trinajstić information content (AvgIpc) is 3.25. The topological polar surface area (TPSA) is 73.8 Å². The summed E-state index contributed by atoms with van der Waals surface area (Å²) in [6, 6.07) is 3.68. The molecule has 2 aliphatic carbocycles. The summed E-state index contributed by atoms with van der Waals surface area (Å²) in [5.41, 5.74) is 2.73. The number of nitrogens with one attached hydrogen (secondary N) is 2. The monoisotopic (exact) mass is 301 g/mol. The number of aliphatic hydroxyl groups is 1. The average molecular weight is 301 g/mol. The van der Waals surface area contributed by atoms with Crippen LogP contribution in [-0.4, -0.2) is 19.9 Å². The van der Waals surface area contributed by atoms with Crippen LogP contribution in [-0.2, 0) is 6.54 Å². The number of hydrogen-bond acceptors (Lipinski definition) is 2. The predicted molar refractivity (Wildman–Crippen MR) is 83.7 cm³/mol. The van der Waals surface area contributed by atoms with E-state index in [0.717, 1.165) is 29.3 Å². The van der Waals surface area contributed by atoms with Crippen molar-refractivity contribution in [1.29, 1.82) is 0 Å². The summed E-state index contributed by atoms with van der Waals surface area (Å²) in [7, 11) is 0. The largest absolute Gasteiger partial charge is 0.385 e. The smallest absolute Gasteiger partial charge is 0.270 e. The van der Waals surface area contributed by atoms with Gasteiger partial charge in [-0.15, -0.1) is 0 Å². The third-order valence-corrected chi connectivity index (χ3v) is 5.63. The first kappa shape index (κ1) is 13.9. The minimum absolute atomic E-state index is 0.0562. The van der Waals surface area contributed by atoms with Crippen LogP contribution in [0.25, 0.3) is 0 Å². The number of aliphatic hydroxyl groups excluding tert-OH is 1. The molecule has 118 valence electrons. The van der Waals surface area contributed by atoms with E-state index >= 15 is 0 Å². The van der Waals surface area contributed by atoms with Crippen LogP contribution < -0.4 is 5.56 Å². The molecule has 0 saturated heterocycles. The quantitative estimate of drug-likeness (QED) is 0.811. The number of H-pyrrole nitrogens is 2. The van der Waals surface area contributed by atoms with E-state index in [-0.39, 0.29) is 12.1 Å². The molecule has 0 aromatic carbocycles. The van der Waals surface area contributed by atoms with Crippen LogP contribution in [0.2, 0.25) is 0 Å². The van der Waals surface area contributed by atoms with Gasteiger partial charge in [-0.3, -0.25) is 9.89 Å². The van der Waals surface area contributed by atoms with Crippen molar-refractivity contribution < 1.29 is 5.11 Å². The lowest BCUT2D eigenvalue weighted by atomic mass is 9.83. The van der Waals surface area contributed by atoms with Gasteiger partial charge in [0, 0.05) is 23.1 Å². The molecule has 0 radical (unpaired) electrons. The highest BCUT2D eigenvalue weighted by molar-refractivity contribution is 5.25. The summed E-state index contributed by atoms with van der Waals surface area (Å²) in [6.07, 6.45) is 6.15. The zero-order valence-corrected chi connectivity index (χ0v) is 12.9. The summed E-state index contributed by atoms with van der Waals surface area (Å²) in [6.45, 7) is 2.25. The maximum Gasteiger partial charge on any atom is 0.270 e. The number of rotatable bonds is 4. The molecule has 5 nitrogen and oxygen atoms in total. The number of nitrogens with zero attached hydrogens (tertiary/aromatic N) is 1. The van der Waals surface area contributed by atoms with Crippen LogP contribution in [0.3, 0.4) is 0 Å². The third kappa shape index (κ3) is 2.15. The summed E-state index contributed by atoms with van der Waals surface area (Å²) in [5.74, 6) is 1.93. The molecule has 2 aromatic rings. The summed E-state index contributed by atoms with van der Waals surface area (Å²) in [4.78, 5) is 15.8. The number of hydrogen-bond donors (Lipinski definition) is 3. The molecule has 5 heteroatoms. The number of fused-ring (bicyclic) bond motifs is 2. The molecule has 4 unspecified atom stereocenters. The SMILES string of the molecule is Cc1[nH]n(CC(O)c2ccc[nH]2)c(=O)c1C1CC2CCC1C2. The fourth-order valence-electron chi connectivity index (χ4n) is 4.61. The van der Waals surface area contributed by atoms with Gasteiger partial charge in [-0.25, -0.2) is 4.68 Å². The van der Waals surface area contributed by atoms with Crippen molar-refractivity contribution in [3.05, 3.63) is 45.6 Å². The molecule has 2 saturated carbocycles. The number of aromatic amines is 2. The van der Waals surface area contributed by atoms with Crippen LogP contribution in [0.15, 0.2) is 23.1 Å². The van der Waals surface area contributed by atoms with Gasteiger partial charge in [0.25, 0.3) is 5.56 Å². The molecule has 4 rings (SSSR count). The summed E-state index contributed by atoms with van der Waals surface area (Å²) in [5, 5.41) is 13.4. The Kier molecular flexibility index (Phi) is 3.26. The Morgan fingerprint density at radius 2 is 2.27 bits per heavy atom. The summed E-state index contributed by atoms with van der Waals surface area (Å²) >= 11 is 0. The van der Waals surface area contributed by atoms with Gasteiger partial charge in [0.1, 0.15) is 6.10 Å². The fraction of sp³-hybridized carbons (Fsp3) is 0.588. The zero-order chi connectivity index (χ0) is 15.3. The first-order valence-corrected chi connectivity index (χ1v) is 8.24. The normalized spacial score (nSPS) is 28.4. The van der Waals surface area contributed by atoms with Gasteiger partial charge < -0.3 is 10.1 Å². The van der Waals surface area contributed by atoms with E-state index in [2.05, 4.69) is 10.1 Å². The Bertz CT molecular complexity index is 713. The van der Waals surface area contributed by atoms with Gasteiger partial charge in [0.05, 0.1) is 6.54 Å². The molecule has 2 aromatic heterocycles. The van der Waals surface area contributed by atoms with Crippen LogP contribution in [0.1, 0.15) is 54.7 Å². The molecular formula is C17H23N3O2. The maximum atomic E-state index is 12.8. The van der Waals surface area contributed by atoms with Crippen molar-refractivity contribution in [3.63, 3.8) is 0 Å². The maximum absolute atomic E-state index is 12.8. The number of aromatic nitrogens is 3. The first-order chi connectivity index (χ1) is 10.6. The Balaban J connectivity index is 1.60. The van der Waals surface area contributed by atoms with Crippen molar-refractivity contribution in [2.24, 2.45) is 11.8 Å². The predicted octanol–water partition coefficient (Wildman–Crippen LogP) is 2.45. The number of aryl methyl sites for hydroxylation is 1. The van der Waals surface area contributed by atoms with E-state index in [4.69, 9.17) is 0 Å². The second-order valence-corrected chi connectivity index (χ2v) is 6.99. The van der Waals surface area contributed by atoms with Crippen molar-refractivity contribution in [2.45, 2.75) is 51.2 Å². The van der Waals surface area contributed by atoms with Gasteiger partial charge in [-0.05, 0) is 56.1 Å². The first-order valence-electron chi connectivity index (χ1n) is 8.24. The highest BCUT2D eigenvalue weighted by atomic mass is 16.3. The standard InChI is InChI=1S/C17H23N3O2/c1-10-16(13-8-11-4-5-12(13)7-11)17(22)20(19-10)9-15(21)14-3-2-6-18-14/h2-3,6,11-13,15,18-19,21H,4-5,7-9H2,1H3. The van der Waals surface area contributed by atoms with Crippen LogP contribution in [0.4, 0.5) is 0 Å². The highest BCUT2D eigenvalue weighted by Crippen LogP contribution is 2.52. The van der Waals surface area contributed by atoms with E-state index in [1.165, 1.54) is 19.3 Å². The molecule has 3 N–H and O–H groups in total. The van der Waals surface area contributed by atoms with E-state index < -0.39 is 6.10 Å². The van der Waals surface area contributed by atoms with Gasteiger partial charge >= 0.3 is 0 Å². The lowest BCUT2D eigenvalue weighted by Gasteiger charge is -2.20. The molecular weight excluding hydrogens is 278 g/mol. The minimum Gasteiger partial charge on any atom is -0.385 e. The summed E-state index contributed by atoms with van der Waals surface area (Å²) < 4.78 is 1.57. The van der Waals surface area contributed by atoms with Gasteiger partial charge in [-0.2, -0.15) is 0 Å². The van der Waals surface area contributed by atoms with Crippen LogP contribution in [0, 0.1) is 18.8 Å². The Labute approximate surface area is 129 Å². The van der Waals surface area contributed by atoms with Crippen molar-refractivity contribution in [1.82, 2.24) is 14.8 Å². The molecule has 4 atom stereocenters. The van der Waals surface area contributed by atoms with Gasteiger partial charge in [0.15, 0.2) is 0 Å². The second-order valence-electron chi connectivity index (χ2n) is 6.99. The Hall–Kier alpha value is -1.75. The second kappa shape index (κ2) is 5.16. The van der Waals surface area contributed by atoms with Crippen molar-refractivity contribution in [3.8, 4) is 0 Å². The molecule has 2 bridgehead atoms. The fourth-order valence-corrected chi connectivity index (χ4v) is 4.61. The van der Waals surface area contributed by atoms with Crippen molar-refractivity contribution >= 4 is 0 Å². The van der Waals surface area contributed by atoms with Gasteiger partial charge in [-0.1, -0.05) is 6.42 Å². The lowest BCUT2D eigenvalue weighted by molar-refractivity contribution is 0.146. The Morgan fingerprint density at radius 1 is 1.41 bits per heavy atom. The molecule has 2 aliphatic rings. The molecule has 2 heterocycles. The van der Waals surface area contributed by atoms with E-state index in [1.807, 2.05) is 19.1 Å². The highest BCUT2D eigenvalue weighted by Gasteiger charge is 2.42. The zero-order valence-electron chi connectivity index (χ0n) is 12.9. The molecule has 0 aliphatic heterocycles. The van der Waals surface area contributed by atoms with E-state index in [0.29, 0.717) is 11.8 Å². The lowest BCUT2D eigenvalue weighted by Crippen LogP contribution is -2.25. The minimum atomic E-state index is -0.696. The molecule has 2 fully saturated rings. The Morgan fingerprint density at radius 3 is 2.91 bits per heavy atom. The van der Waals surface area contributed by atoms with E-state index in [1.54, 1.807) is 10.9 Å². The van der Waals surface area contributed by atoms with Crippen molar-refractivity contribution in [2.75, 3.05) is 0 Å². The van der Waals surface area contributed by atoms with Crippen LogP contribution >= 0.6 is 0 Å². The van der Waals surface area contributed by atoms with Crippen LogP contribution in [0.5, 0.6) is 0 Å². The molecule has 22 heavy (non-hydrogen) atoms. The molecule has 0 amide bonds. The van der Waals surface area contributed by atoms with E-state index in [9.17, 15) is 9.90 Å². The third-order valence-electron chi connectivity index (χ3n) is 5.63.